The number of benzene rings is 2. The van der Waals surface area contributed by atoms with E-state index in [0.29, 0.717) is 11.3 Å². The van der Waals surface area contributed by atoms with E-state index in [9.17, 15) is 21.6 Å². The van der Waals surface area contributed by atoms with Gasteiger partial charge in [0, 0.05) is 6.54 Å². The highest BCUT2D eigenvalue weighted by Gasteiger charge is 2.49. The van der Waals surface area contributed by atoms with Gasteiger partial charge in [0.2, 0.25) is 0 Å². The van der Waals surface area contributed by atoms with E-state index in [1.165, 1.54) is 12.1 Å². The minimum Gasteiger partial charge on any atom is -0.492 e. The molecule has 0 atom stereocenters. The molecule has 11 heteroatoms. The van der Waals surface area contributed by atoms with Gasteiger partial charge in [-0.15, -0.1) is 0 Å². The van der Waals surface area contributed by atoms with Crippen molar-refractivity contribution in [2.45, 2.75) is 26.3 Å². The number of carbonyl (C=O) groups excluding carboxylic acids is 1. The van der Waals surface area contributed by atoms with Crippen molar-refractivity contribution in [3.63, 3.8) is 0 Å². The van der Waals surface area contributed by atoms with Crippen LogP contribution in [-0.2, 0) is 24.9 Å². The number of hydrogen-bond donors (Lipinski definition) is 1. The predicted molar refractivity (Wildman–Crippen MR) is 124 cm³/mol. The van der Waals surface area contributed by atoms with E-state index in [2.05, 4.69) is 5.32 Å². The molecule has 1 aliphatic heterocycles. The summed E-state index contributed by atoms with van der Waals surface area (Å²) in [6.07, 6.45) is 0.951. The summed E-state index contributed by atoms with van der Waals surface area (Å²) in [5.74, 6) is -0.00936. The SMILES string of the molecule is CC(C)(C)N1C(=O)C(NCCOc2ccc(OS(C)(=O)=O)cc2)=C(c2ccccc2)S1(=O)=O. The molecule has 0 fully saturated rings. The number of nitrogens with one attached hydrogen (secondary N) is 1. The molecule has 1 aliphatic rings. The molecule has 1 heterocycles. The smallest absolute Gasteiger partial charge is 0.306 e. The molecule has 2 aromatic rings. The zero-order chi connectivity index (χ0) is 24.4. The highest BCUT2D eigenvalue weighted by molar-refractivity contribution is 7.99. The highest BCUT2D eigenvalue weighted by atomic mass is 32.2. The van der Waals surface area contributed by atoms with E-state index in [1.54, 1.807) is 63.2 Å². The normalized spacial score (nSPS) is 16.1. The summed E-state index contributed by atoms with van der Waals surface area (Å²) >= 11 is 0. The lowest BCUT2D eigenvalue weighted by Gasteiger charge is -2.30. The second-order valence-electron chi connectivity index (χ2n) is 8.35. The van der Waals surface area contributed by atoms with Crippen LogP contribution in [0.5, 0.6) is 11.5 Å². The van der Waals surface area contributed by atoms with Crippen LogP contribution in [0.1, 0.15) is 26.3 Å². The minimum atomic E-state index is -4.05. The lowest BCUT2D eigenvalue weighted by molar-refractivity contribution is -0.125. The van der Waals surface area contributed by atoms with Crippen LogP contribution in [0.4, 0.5) is 0 Å². The Hall–Kier alpha value is -3.05. The van der Waals surface area contributed by atoms with Gasteiger partial charge in [-0.05, 0) is 50.6 Å². The van der Waals surface area contributed by atoms with Crippen LogP contribution in [-0.4, -0.2) is 52.0 Å². The molecule has 1 amide bonds. The van der Waals surface area contributed by atoms with Crippen molar-refractivity contribution in [1.82, 2.24) is 9.62 Å². The first-order valence-corrected chi connectivity index (χ1v) is 13.3. The van der Waals surface area contributed by atoms with Gasteiger partial charge in [0.1, 0.15) is 28.7 Å². The van der Waals surface area contributed by atoms with E-state index >= 15 is 0 Å². The van der Waals surface area contributed by atoms with E-state index < -0.39 is 31.6 Å². The number of ether oxygens (including phenoxy) is 1. The molecule has 0 aromatic heterocycles. The van der Waals surface area contributed by atoms with Gasteiger partial charge in [0.15, 0.2) is 0 Å². The van der Waals surface area contributed by atoms with Crippen molar-refractivity contribution < 1.29 is 30.6 Å². The van der Waals surface area contributed by atoms with Crippen LogP contribution in [0, 0.1) is 0 Å². The van der Waals surface area contributed by atoms with Crippen molar-refractivity contribution >= 4 is 31.0 Å². The first-order chi connectivity index (χ1) is 15.3. The summed E-state index contributed by atoms with van der Waals surface area (Å²) in [7, 11) is -7.67. The maximum Gasteiger partial charge on any atom is 0.306 e. The quantitative estimate of drug-likeness (QED) is 0.439. The molecule has 178 valence electrons. The highest BCUT2D eigenvalue weighted by Crippen LogP contribution is 2.38. The van der Waals surface area contributed by atoms with Gasteiger partial charge >= 0.3 is 10.1 Å². The fourth-order valence-electron chi connectivity index (χ4n) is 3.34. The molecule has 1 N–H and O–H groups in total. The zero-order valence-electron chi connectivity index (χ0n) is 18.7. The first kappa shape index (κ1) is 24.6. The lowest BCUT2D eigenvalue weighted by atomic mass is 10.1. The first-order valence-electron chi connectivity index (χ1n) is 10.1. The zero-order valence-corrected chi connectivity index (χ0v) is 20.4. The minimum absolute atomic E-state index is 0.00312. The van der Waals surface area contributed by atoms with Crippen molar-refractivity contribution in [1.29, 1.82) is 0 Å². The Kier molecular flexibility index (Phi) is 6.75. The lowest BCUT2D eigenvalue weighted by Crippen LogP contribution is -2.46. The van der Waals surface area contributed by atoms with E-state index in [4.69, 9.17) is 8.92 Å². The molecule has 0 unspecified atom stereocenters. The molecule has 3 rings (SSSR count). The Morgan fingerprint density at radius 3 is 2.09 bits per heavy atom. The largest absolute Gasteiger partial charge is 0.492 e. The van der Waals surface area contributed by atoms with Crippen LogP contribution in [0.2, 0.25) is 0 Å². The maximum atomic E-state index is 13.3. The third-order valence-electron chi connectivity index (χ3n) is 4.51. The predicted octanol–water partition coefficient (Wildman–Crippen LogP) is 2.33. The fourth-order valence-corrected chi connectivity index (χ4v) is 5.87. The molecule has 0 saturated heterocycles. The Bertz CT molecular complexity index is 1260. The molecule has 9 nitrogen and oxygen atoms in total. The second kappa shape index (κ2) is 9.06. The molecule has 33 heavy (non-hydrogen) atoms. The molecule has 2 aromatic carbocycles. The van der Waals surface area contributed by atoms with Gasteiger partial charge < -0.3 is 14.2 Å². The molecule has 0 radical (unpaired) electrons. The standard InChI is InChI=1S/C22H26N2O7S2/c1-22(2,3)24-21(25)19(20(33(24,28)29)16-8-6-5-7-9-16)23-14-15-30-17-10-12-18(13-11-17)31-32(4,26)27/h5-13,23H,14-15H2,1-4H3. The summed E-state index contributed by atoms with van der Waals surface area (Å²) in [5, 5.41) is 2.93. The topological polar surface area (TPSA) is 119 Å². The number of rotatable bonds is 8. The summed E-state index contributed by atoms with van der Waals surface area (Å²) in [4.78, 5) is 13.0. The van der Waals surface area contributed by atoms with Gasteiger partial charge in [-0.3, -0.25) is 4.79 Å². The van der Waals surface area contributed by atoms with Crippen LogP contribution in [0.25, 0.3) is 4.91 Å². The van der Waals surface area contributed by atoms with Gasteiger partial charge in [0.25, 0.3) is 15.9 Å². The van der Waals surface area contributed by atoms with Gasteiger partial charge in [-0.25, -0.2) is 12.7 Å². The van der Waals surface area contributed by atoms with E-state index in [0.717, 1.165) is 10.6 Å². The maximum absolute atomic E-state index is 13.3. The summed E-state index contributed by atoms with van der Waals surface area (Å²) in [6.45, 7) is 5.27. The van der Waals surface area contributed by atoms with Crippen molar-refractivity contribution in [2.75, 3.05) is 19.4 Å². The molecule has 0 aliphatic carbocycles. The Morgan fingerprint density at radius 1 is 0.970 bits per heavy atom. The van der Waals surface area contributed by atoms with Crippen LogP contribution < -0.4 is 14.2 Å². The van der Waals surface area contributed by atoms with Crippen molar-refractivity contribution in [2.24, 2.45) is 0 Å². The van der Waals surface area contributed by atoms with Crippen molar-refractivity contribution in [3.05, 3.63) is 65.9 Å². The Labute approximate surface area is 194 Å². The van der Waals surface area contributed by atoms with Crippen LogP contribution >= 0.6 is 0 Å². The summed E-state index contributed by atoms with van der Waals surface area (Å²) in [6, 6.07) is 14.5. The third-order valence-corrected chi connectivity index (χ3v) is 7.16. The summed E-state index contributed by atoms with van der Waals surface area (Å²) < 4.78 is 60.1. The third kappa shape index (κ3) is 5.66. The second-order valence-corrected chi connectivity index (χ2v) is 11.6. The Balaban J connectivity index is 1.76. The van der Waals surface area contributed by atoms with Crippen molar-refractivity contribution in [3.8, 4) is 11.5 Å². The van der Waals surface area contributed by atoms with Gasteiger partial charge in [-0.1, -0.05) is 30.3 Å². The van der Waals surface area contributed by atoms with Crippen LogP contribution in [0.3, 0.4) is 0 Å². The average Bonchev–Trinajstić information content (AvgIpc) is 2.90. The van der Waals surface area contributed by atoms with E-state index in [1.807, 2.05) is 0 Å². The summed E-state index contributed by atoms with van der Waals surface area (Å²) in [5.41, 5.74) is -0.523. The number of hydrogen-bond acceptors (Lipinski definition) is 8. The molecular formula is C22H26N2O7S2. The number of amides is 1. The monoisotopic (exact) mass is 494 g/mol. The average molecular weight is 495 g/mol. The molecular weight excluding hydrogens is 468 g/mol. The Morgan fingerprint density at radius 2 is 1.55 bits per heavy atom. The van der Waals surface area contributed by atoms with Crippen LogP contribution in [0.15, 0.2) is 60.3 Å². The number of carbonyl (C=O) groups is 1. The van der Waals surface area contributed by atoms with E-state index in [-0.39, 0.29) is 29.5 Å². The molecule has 0 bridgehead atoms. The molecule has 0 spiro atoms. The number of sulfonamides is 1. The fraction of sp³-hybridized carbons (Fsp3) is 0.318. The number of nitrogens with zero attached hydrogens (tertiary/aromatic N) is 1. The van der Waals surface area contributed by atoms with Gasteiger partial charge in [0.05, 0.1) is 11.8 Å². The molecule has 0 saturated carbocycles. The van der Waals surface area contributed by atoms with Gasteiger partial charge in [-0.2, -0.15) is 8.42 Å².